The van der Waals surface area contributed by atoms with Crippen LogP contribution >= 0.6 is 22.9 Å². The van der Waals surface area contributed by atoms with Gasteiger partial charge < -0.3 is 14.0 Å². The van der Waals surface area contributed by atoms with E-state index >= 15 is 0 Å². The Hall–Kier alpha value is -1.79. The van der Waals surface area contributed by atoms with Crippen molar-refractivity contribution in [1.82, 2.24) is 4.57 Å². The largest absolute Gasteiger partial charge is 0.494 e. The number of aromatic nitrogens is 1. The van der Waals surface area contributed by atoms with Crippen LogP contribution in [0, 0.1) is 0 Å². The quantitative estimate of drug-likeness (QED) is 0.853. The lowest BCUT2D eigenvalue weighted by atomic mass is 10.3. The molecule has 0 bridgehead atoms. The molecule has 0 saturated carbocycles. The number of hydrogen-bond donors (Lipinski definition) is 0. The fourth-order valence-electron chi connectivity index (χ4n) is 2.09. The molecule has 0 N–H and O–H groups in total. The smallest absolute Gasteiger partial charge is 0.317 e. The van der Waals surface area contributed by atoms with Crippen LogP contribution in [0.1, 0.15) is 6.92 Å². The van der Waals surface area contributed by atoms with Crippen LogP contribution in [0.15, 0.2) is 35.2 Å². The lowest BCUT2D eigenvalue weighted by Gasteiger charge is -2.12. The SMILES string of the molecule is CCn1c(=NC(=O)C2=COCCO2)sc2cccc(Cl)c21. The third kappa shape index (κ3) is 2.69. The van der Waals surface area contributed by atoms with Gasteiger partial charge in [0.2, 0.25) is 5.76 Å². The number of para-hydroxylation sites is 1. The first-order valence-corrected chi connectivity index (χ1v) is 7.71. The third-order valence-corrected chi connectivity index (χ3v) is 4.37. The highest BCUT2D eigenvalue weighted by Crippen LogP contribution is 2.25. The molecule has 2 heterocycles. The predicted octanol–water partition coefficient (Wildman–Crippen LogP) is 2.69. The van der Waals surface area contributed by atoms with Crippen LogP contribution in [0.3, 0.4) is 0 Å². The maximum Gasteiger partial charge on any atom is 0.317 e. The van der Waals surface area contributed by atoms with Crippen LogP contribution in [0.25, 0.3) is 10.2 Å². The molecule has 1 amide bonds. The molecule has 0 unspecified atom stereocenters. The third-order valence-electron chi connectivity index (χ3n) is 3.03. The van der Waals surface area contributed by atoms with E-state index in [0.29, 0.717) is 29.6 Å². The highest BCUT2D eigenvalue weighted by molar-refractivity contribution is 7.16. The number of hydrogen-bond acceptors (Lipinski definition) is 4. The Morgan fingerprint density at radius 2 is 2.33 bits per heavy atom. The lowest BCUT2D eigenvalue weighted by molar-refractivity contribution is -0.119. The molecule has 0 saturated heterocycles. The van der Waals surface area contributed by atoms with Gasteiger partial charge in [-0.1, -0.05) is 29.0 Å². The summed E-state index contributed by atoms with van der Waals surface area (Å²) in [6.07, 6.45) is 1.31. The molecule has 7 heteroatoms. The number of benzene rings is 1. The second kappa shape index (κ2) is 5.91. The summed E-state index contributed by atoms with van der Waals surface area (Å²) in [5.74, 6) is -0.313. The molecule has 0 spiro atoms. The van der Waals surface area contributed by atoms with Gasteiger partial charge in [0, 0.05) is 6.54 Å². The van der Waals surface area contributed by atoms with Crippen molar-refractivity contribution in [3.05, 3.63) is 40.0 Å². The summed E-state index contributed by atoms with van der Waals surface area (Å²) in [5.41, 5.74) is 0.896. The molecule has 5 nitrogen and oxygen atoms in total. The van der Waals surface area contributed by atoms with Gasteiger partial charge in [0.15, 0.2) is 4.80 Å². The summed E-state index contributed by atoms with van der Waals surface area (Å²) in [6, 6.07) is 5.67. The molecule has 1 aromatic carbocycles. The number of thiazole rings is 1. The number of ether oxygens (including phenoxy) is 2. The number of carbonyl (C=O) groups is 1. The Balaban J connectivity index is 2.11. The van der Waals surface area contributed by atoms with Crippen molar-refractivity contribution in [2.45, 2.75) is 13.5 Å². The van der Waals surface area contributed by atoms with Crippen molar-refractivity contribution in [2.75, 3.05) is 13.2 Å². The van der Waals surface area contributed by atoms with E-state index in [1.165, 1.54) is 17.6 Å². The Morgan fingerprint density at radius 1 is 1.48 bits per heavy atom. The van der Waals surface area contributed by atoms with Gasteiger partial charge in [0.05, 0.1) is 15.2 Å². The van der Waals surface area contributed by atoms with Crippen molar-refractivity contribution in [1.29, 1.82) is 0 Å². The van der Waals surface area contributed by atoms with Crippen molar-refractivity contribution >= 4 is 39.1 Å². The Labute approximate surface area is 130 Å². The summed E-state index contributed by atoms with van der Waals surface area (Å²) in [7, 11) is 0. The van der Waals surface area contributed by atoms with Gasteiger partial charge in [-0.3, -0.25) is 4.79 Å². The first kappa shape index (κ1) is 14.2. The molecule has 0 radical (unpaired) electrons. The van der Waals surface area contributed by atoms with Crippen LogP contribution < -0.4 is 4.80 Å². The van der Waals surface area contributed by atoms with E-state index in [-0.39, 0.29) is 5.76 Å². The number of carbonyl (C=O) groups excluding carboxylic acids is 1. The van der Waals surface area contributed by atoms with Gasteiger partial charge >= 0.3 is 5.91 Å². The molecule has 21 heavy (non-hydrogen) atoms. The van der Waals surface area contributed by atoms with E-state index in [0.717, 1.165) is 10.2 Å². The molecule has 3 rings (SSSR count). The fourth-order valence-corrected chi connectivity index (χ4v) is 3.54. The number of aryl methyl sites for hydroxylation is 1. The summed E-state index contributed by atoms with van der Waals surface area (Å²) in [5, 5.41) is 0.649. The monoisotopic (exact) mass is 324 g/mol. The van der Waals surface area contributed by atoms with E-state index in [9.17, 15) is 4.79 Å². The Bertz CT molecular complexity index is 791. The maximum absolute atomic E-state index is 12.1. The lowest BCUT2D eigenvalue weighted by Crippen LogP contribution is -2.19. The average Bonchev–Trinajstić information content (AvgIpc) is 2.86. The summed E-state index contributed by atoms with van der Waals surface area (Å²) >= 11 is 7.67. The summed E-state index contributed by atoms with van der Waals surface area (Å²) in [4.78, 5) is 16.9. The first-order chi connectivity index (χ1) is 10.2. The normalized spacial score (nSPS) is 15.5. The molecule has 1 aliphatic heterocycles. The Kier molecular flexibility index (Phi) is 3.98. The number of halogens is 1. The van der Waals surface area contributed by atoms with E-state index < -0.39 is 5.91 Å². The van der Waals surface area contributed by atoms with Gasteiger partial charge in [-0.2, -0.15) is 4.99 Å². The molecule has 1 aliphatic rings. The predicted molar refractivity (Wildman–Crippen MR) is 81.1 cm³/mol. The van der Waals surface area contributed by atoms with E-state index in [1.54, 1.807) is 0 Å². The maximum atomic E-state index is 12.1. The van der Waals surface area contributed by atoms with E-state index in [4.69, 9.17) is 21.1 Å². The second-order valence-corrected chi connectivity index (χ2v) is 5.75. The second-order valence-electron chi connectivity index (χ2n) is 4.33. The minimum Gasteiger partial charge on any atom is -0.494 e. The van der Waals surface area contributed by atoms with Gasteiger partial charge in [0.1, 0.15) is 19.5 Å². The standard InChI is InChI=1S/C14H13ClN2O3S/c1-2-17-12-9(15)4-3-5-11(12)21-14(17)16-13(18)10-8-19-6-7-20-10/h3-5,8H,2,6-7H2,1H3. The van der Waals surface area contributed by atoms with Gasteiger partial charge in [0.25, 0.3) is 0 Å². The zero-order valence-corrected chi connectivity index (χ0v) is 12.9. The van der Waals surface area contributed by atoms with Crippen molar-refractivity contribution < 1.29 is 14.3 Å². The van der Waals surface area contributed by atoms with Crippen LogP contribution in [0.2, 0.25) is 5.02 Å². The van der Waals surface area contributed by atoms with E-state index in [1.807, 2.05) is 29.7 Å². The molecule has 110 valence electrons. The van der Waals surface area contributed by atoms with Crippen molar-refractivity contribution in [2.24, 2.45) is 4.99 Å². The van der Waals surface area contributed by atoms with Crippen LogP contribution in [-0.2, 0) is 20.8 Å². The molecule has 2 aromatic rings. The molecular weight excluding hydrogens is 312 g/mol. The zero-order valence-electron chi connectivity index (χ0n) is 11.3. The summed E-state index contributed by atoms with van der Waals surface area (Å²) in [6.45, 7) is 3.47. The van der Waals surface area contributed by atoms with Gasteiger partial charge in [-0.05, 0) is 19.1 Å². The van der Waals surface area contributed by atoms with Gasteiger partial charge in [-0.15, -0.1) is 0 Å². The van der Waals surface area contributed by atoms with E-state index in [2.05, 4.69) is 4.99 Å². The fraction of sp³-hybridized carbons (Fsp3) is 0.286. The van der Waals surface area contributed by atoms with Crippen LogP contribution in [0.4, 0.5) is 0 Å². The number of amides is 1. The number of nitrogens with zero attached hydrogens (tertiary/aromatic N) is 2. The topological polar surface area (TPSA) is 52.8 Å². The number of fused-ring (bicyclic) bond motifs is 1. The zero-order chi connectivity index (χ0) is 14.8. The first-order valence-electron chi connectivity index (χ1n) is 6.52. The highest BCUT2D eigenvalue weighted by atomic mass is 35.5. The molecule has 0 atom stereocenters. The summed E-state index contributed by atoms with van der Waals surface area (Å²) < 4.78 is 13.2. The minimum atomic E-state index is -0.445. The molecular formula is C14H13ClN2O3S. The average molecular weight is 325 g/mol. The number of rotatable bonds is 2. The Morgan fingerprint density at radius 3 is 3.05 bits per heavy atom. The minimum absolute atomic E-state index is 0.132. The van der Waals surface area contributed by atoms with Crippen molar-refractivity contribution in [3.8, 4) is 0 Å². The van der Waals surface area contributed by atoms with Crippen LogP contribution in [-0.4, -0.2) is 23.7 Å². The van der Waals surface area contributed by atoms with Crippen molar-refractivity contribution in [3.63, 3.8) is 0 Å². The van der Waals surface area contributed by atoms with Gasteiger partial charge in [-0.25, -0.2) is 0 Å². The molecule has 1 aromatic heterocycles. The molecule has 0 aliphatic carbocycles. The molecule has 0 fully saturated rings. The highest BCUT2D eigenvalue weighted by Gasteiger charge is 2.15. The van der Waals surface area contributed by atoms with Crippen LogP contribution in [0.5, 0.6) is 0 Å².